The van der Waals surface area contributed by atoms with Gasteiger partial charge in [0.15, 0.2) is 0 Å². The largest absolute Gasteiger partial charge is 0.399 e. The van der Waals surface area contributed by atoms with Gasteiger partial charge in [-0.2, -0.15) is 0 Å². The molecule has 0 radical (unpaired) electrons. The minimum atomic E-state index is -0.362. The van der Waals surface area contributed by atoms with Crippen LogP contribution in [0.3, 0.4) is 0 Å². The van der Waals surface area contributed by atoms with E-state index in [1.54, 1.807) is 17.5 Å². The van der Waals surface area contributed by atoms with E-state index >= 15 is 0 Å². The van der Waals surface area contributed by atoms with Crippen LogP contribution >= 0.6 is 11.3 Å². The van der Waals surface area contributed by atoms with Crippen molar-refractivity contribution in [1.29, 1.82) is 0 Å². The van der Waals surface area contributed by atoms with Crippen LogP contribution in [0.1, 0.15) is 36.4 Å². The lowest BCUT2D eigenvalue weighted by molar-refractivity contribution is -0.124. The molecule has 5 heteroatoms. The fourth-order valence-electron chi connectivity index (χ4n) is 2.42. The summed E-state index contributed by atoms with van der Waals surface area (Å²) in [5.74, 6) is 0.0879. The van der Waals surface area contributed by atoms with Crippen molar-refractivity contribution in [2.24, 2.45) is 0 Å². The molecule has 1 aromatic carbocycles. The third kappa shape index (κ3) is 2.29. The summed E-state index contributed by atoms with van der Waals surface area (Å²) in [6, 6.07) is 7.57. The van der Waals surface area contributed by atoms with Crippen LogP contribution in [0.25, 0.3) is 0 Å². The highest BCUT2D eigenvalue weighted by atomic mass is 32.1. The summed E-state index contributed by atoms with van der Waals surface area (Å²) in [5.41, 5.74) is 7.12. The van der Waals surface area contributed by atoms with Crippen LogP contribution in [-0.4, -0.2) is 10.9 Å². The molecule has 20 heavy (non-hydrogen) atoms. The molecule has 1 fully saturated rings. The van der Waals surface area contributed by atoms with E-state index in [2.05, 4.69) is 10.3 Å². The minimum absolute atomic E-state index is 0.0474. The maximum atomic E-state index is 12.6. The number of thiazole rings is 1. The zero-order chi connectivity index (χ0) is 14.2. The van der Waals surface area contributed by atoms with Crippen LogP contribution in [0.2, 0.25) is 0 Å². The van der Waals surface area contributed by atoms with Gasteiger partial charge in [-0.3, -0.25) is 4.79 Å². The molecule has 104 valence electrons. The van der Waals surface area contributed by atoms with Crippen molar-refractivity contribution < 1.29 is 4.79 Å². The van der Waals surface area contributed by atoms with E-state index in [-0.39, 0.29) is 17.4 Å². The van der Waals surface area contributed by atoms with Gasteiger partial charge in [-0.1, -0.05) is 12.1 Å². The number of carbonyl (C=O) groups excluding carboxylic acids is 1. The molecule has 0 saturated heterocycles. The number of carbonyl (C=O) groups is 1. The summed E-state index contributed by atoms with van der Waals surface area (Å²) < 4.78 is 0. The molecule has 3 N–H and O–H groups in total. The Kier molecular flexibility index (Phi) is 3.22. The number of rotatable bonds is 4. The number of hydrogen-bond acceptors (Lipinski definition) is 4. The van der Waals surface area contributed by atoms with Crippen molar-refractivity contribution in [3.63, 3.8) is 0 Å². The van der Waals surface area contributed by atoms with Crippen LogP contribution in [0.15, 0.2) is 35.8 Å². The fraction of sp³-hybridized carbons (Fsp3) is 0.333. The molecule has 4 nitrogen and oxygen atoms in total. The number of nitrogen functional groups attached to an aromatic ring is 1. The Morgan fingerprint density at radius 3 is 2.65 bits per heavy atom. The van der Waals surface area contributed by atoms with Crippen molar-refractivity contribution in [2.75, 3.05) is 5.73 Å². The molecule has 1 amide bonds. The van der Waals surface area contributed by atoms with Crippen LogP contribution in [0, 0.1) is 0 Å². The number of aromatic nitrogens is 1. The lowest BCUT2D eigenvalue weighted by Crippen LogP contribution is -2.36. The maximum Gasteiger partial charge on any atom is 0.231 e. The number of nitrogens with two attached hydrogens (primary N) is 1. The van der Waals surface area contributed by atoms with E-state index in [1.807, 2.05) is 36.6 Å². The van der Waals surface area contributed by atoms with Gasteiger partial charge in [0.25, 0.3) is 0 Å². The molecule has 1 aliphatic rings. The summed E-state index contributed by atoms with van der Waals surface area (Å²) in [6.07, 6.45) is 3.55. The smallest absolute Gasteiger partial charge is 0.231 e. The summed E-state index contributed by atoms with van der Waals surface area (Å²) in [7, 11) is 0. The van der Waals surface area contributed by atoms with Gasteiger partial charge in [0.1, 0.15) is 5.01 Å². The van der Waals surface area contributed by atoms with Crippen molar-refractivity contribution in [1.82, 2.24) is 10.3 Å². The predicted molar refractivity (Wildman–Crippen MR) is 80.4 cm³/mol. The molecule has 1 aliphatic carbocycles. The van der Waals surface area contributed by atoms with E-state index in [9.17, 15) is 4.79 Å². The highest BCUT2D eigenvalue weighted by Gasteiger charge is 2.51. The molecule has 3 rings (SSSR count). The van der Waals surface area contributed by atoms with Crippen LogP contribution in [0.5, 0.6) is 0 Å². The number of hydrogen-bond donors (Lipinski definition) is 2. The van der Waals surface area contributed by atoms with Gasteiger partial charge in [0.05, 0.1) is 11.5 Å². The van der Waals surface area contributed by atoms with E-state index in [4.69, 9.17) is 5.73 Å². The monoisotopic (exact) mass is 287 g/mol. The van der Waals surface area contributed by atoms with Gasteiger partial charge in [-0.15, -0.1) is 11.3 Å². The van der Waals surface area contributed by atoms with Gasteiger partial charge in [0, 0.05) is 17.3 Å². The molecule has 0 spiro atoms. The number of nitrogens with zero attached hydrogens (tertiary/aromatic N) is 1. The number of anilines is 1. The molecule has 1 aromatic heterocycles. The first-order chi connectivity index (χ1) is 9.62. The molecule has 1 saturated carbocycles. The average molecular weight is 287 g/mol. The number of benzene rings is 1. The normalized spacial score (nSPS) is 17.4. The Hall–Kier alpha value is -1.88. The lowest BCUT2D eigenvalue weighted by Gasteiger charge is -2.19. The molecule has 1 atom stereocenters. The van der Waals surface area contributed by atoms with Crippen molar-refractivity contribution in [3.05, 3.63) is 46.4 Å². The average Bonchev–Trinajstić information content (AvgIpc) is 3.06. The van der Waals surface area contributed by atoms with Crippen molar-refractivity contribution in [3.8, 4) is 0 Å². The van der Waals surface area contributed by atoms with Crippen LogP contribution in [-0.2, 0) is 10.2 Å². The Balaban J connectivity index is 1.75. The predicted octanol–water partition coefficient (Wildman–Crippen LogP) is 2.63. The first-order valence-corrected chi connectivity index (χ1v) is 7.56. The quantitative estimate of drug-likeness (QED) is 0.849. The SMILES string of the molecule is CC(NC(=O)C1(c2ccc(N)cc2)CC1)c1nccs1. The second-order valence-corrected chi connectivity index (χ2v) is 6.20. The summed E-state index contributed by atoms with van der Waals surface area (Å²) in [5, 5.41) is 5.93. The minimum Gasteiger partial charge on any atom is -0.399 e. The molecular weight excluding hydrogens is 270 g/mol. The molecule has 0 bridgehead atoms. The third-order valence-corrected chi connectivity index (χ3v) is 4.78. The van der Waals surface area contributed by atoms with Gasteiger partial charge in [0.2, 0.25) is 5.91 Å². The molecule has 2 aromatic rings. The second kappa shape index (κ2) is 4.90. The first-order valence-electron chi connectivity index (χ1n) is 6.68. The van der Waals surface area contributed by atoms with E-state index in [1.165, 1.54) is 0 Å². The Morgan fingerprint density at radius 2 is 2.10 bits per heavy atom. The molecular formula is C15H17N3OS. The van der Waals surface area contributed by atoms with Crippen molar-refractivity contribution in [2.45, 2.75) is 31.2 Å². The fourth-order valence-corrected chi connectivity index (χ4v) is 3.06. The summed E-state index contributed by atoms with van der Waals surface area (Å²) in [6.45, 7) is 1.97. The van der Waals surface area contributed by atoms with E-state index in [0.717, 1.165) is 29.1 Å². The lowest BCUT2D eigenvalue weighted by atomic mass is 9.94. The topological polar surface area (TPSA) is 68.0 Å². The highest BCUT2D eigenvalue weighted by molar-refractivity contribution is 7.09. The standard InChI is InChI=1S/C15H17N3OS/c1-10(13-17-8-9-20-13)18-14(19)15(6-7-15)11-2-4-12(16)5-3-11/h2-5,8-10H,6-7,16H2,1H3,(H,18,19). The highest BCUT2D eigenvalue weighted by Crippen LogP contribution is 2.48. The van der Waals surface area contributed by atoms with Gasteiger partial charge < -0.3 is 11.1 Å². The van der Waals surface area contributed by atoms with Crippen LogP contribution < -0.4 is 11.1 Å². The van der Waals surface area contributed by atoms with Gasteiger partial charge in [-0.25, -0.2) is 4.98 Å². The zero-order valence-electron chi connectivity index (χ0n) is 11.3. The maximum absolute atomic E-state index is 12.6. The van der Waals surface area contributed by atoms with Gasteiger partial charge in [-0.05, 0) is 37.5 Å². The zero-order valence-corrected chi connectivity index (χ0v) is 12.1. The molecule has 1 unspecified atom stereocenters. The second-order valence-electron chi connectivity index (χ2n) is 5.27. The van der Waals surface area contributed by atoms with Gasteiger partial charge >= 0.3 is 0 Å². The van der Waals surface area contributed by atoms with Crippen LogP contribution in [0.4, 0.5) is 5.69 Å². The Morgan fingerprint density at radius 1 is 1.40 bits per heavy atom. The summed E-state index contributed by atoms with van der Waals surface area (Å²) in [4.78, 5) is 16.8. The number of nitrogens with one attached hydrogen (secondary N) is 1. The van der Waals surface area contributed by atoms with E-state index < -0.39 is 0 Å². The first kappa shape index (κ1) is 13.1. The Bertz CT molecular complexity index is 603. The van der Waals surface area contributed by atoms with E-state index in [0.29, 0.717) is 0 Å². The van der Waals surface area contributed by atoms with Crippen molar-refractivity contribution >= 4 is 22.9 Å². The molecule has 0 aliphatic heterocycles. The number of amides is 1. The third-order valence-electron chi connectivity index (χ3n) is 3.82. The Labute approximate surface area is 122 Å². The molecule has 1 heterocycles. The summed E-state index contributed by atoms with van der Waals surface area (Å²) >= 11 is 1.56.